The summed E-state index contributed by atoms with van der Waals surface area (Å²) < 4.78 is 15.1. The molecular formula is C12H28N2O7. The monoisotopic (exact) mass is 312 g/mol. The molecule has 0 aromatic heterocycles. The van der Waals surface area contributed by atoms with E-state index in [4.69, 9.17) is 34.6 Å². The molecular weight excluding hydrogens is 284 g/mol. The highest BCUT2D eigenvalue weighted by atomic mass is 16.6. The smallest absolute Gasteiger partial charge is 0.190 e. The van der Waals surface area contributed by atoms with E-state index in [1.807, 2.05) is 6.92 Å². The number of hydrogen-bond donors (Lipinski definition) is 6. The van der Waals surface area contributed by atoms with E-state index in [9.17, 15) is 0 Å². The molecule has 2 fully saturated rings. The van der Waals surface area contributed by atoms with Crippen molar-refractivity contribution in [1.29, 1.82) is 0 Å². The van der Waals surface area contributed by atoms with Gasteiger partial charge in [0.25, 0.3) is 0 Å². The Morgan fingerprint density at radius 1 is 1.19 bits per heavy atom. The quantitative estimate of drug-likeness (QED) is 0.219. The third kappa shape index (κ3) is 19.6. The van der Waals surface area contributed by atoms with Crippen LogP contribution in [0.3, 0.4) is 0 Å². The maximum atomic E-state index is 8.13. The predicted molar refractivity (Wildman–Crippen MR) is 73.8 cm³/mol. The molecule has 2 aliphatic heterocycles. The van der Waals surface area contributed by atoms with Crippen LogP contribution < -0.4 is 11.5 Å². The minimum absolute atomic E-state index is 0.392. The van der Waals surface area contributed by atoms with Gasteiger partial charge in [-0.25, -0.2) is 0 Å². The van der Waals surface area contributed by atoms with E-state index in [1.165, 1.54) is 0 Å². The lowest BCUT2D eigenvalue weighted by molar-refractivity contribution is -0.0453. The second-order valence-corrected chi connectivity index (χ2v) is 4.87. The molecule has 0 radical (unpaired) electrons. The summed E-state index contributed by atoms with van der Waals surface area (Å²) in [6.45, 7) is 4.54. The summed E-state index contributed by atoms with van der Waals surface area (Å²) in [6.07, 6.45) is 1.000. The molecule has 0 saturated carbocycles. The molecule has 2 unspecified atom stereocenters. The van der Waals surface area contributed by atoms with Gasteiger partial charge in [0.15, 0.2) is 12.1 Å². The lowest BCUT2D eigenvalue weighted by Crippen LogP contribution is -2.52. The summed E-state index contributed by atoms with van der Waals surface area (Å²) in [5.74, 6) is -1.90. The number of epoxide rings is 2. The van der Waals surface area contributed by atoms with Crippen LogP contribution in [-0.4, -0.2) is 77.8 Å². The Morgan fingerprint density at radius 2 is 1.57 bits per heavy atom. The van der Waals surface area contributed by atoms with Gasteiger partial charge in [-0.1, -0.05) is 13.3 Å². The van der Waals surface area contributed by atoms with E-state index in [2.05, 4.69) is 11.5 Å². The molecule has 0 aliphatic carbocycles. The fourth-order valence-corrected chi connectivity index (χ4v) is 0.918. The average Bonchev–Trinajstić information content (AvgIpc) is 3.24. The summed E-state index contributed by atoms with van der Waals surface area (Å²) in [4.78, 5) is 0. The Balaban J connectivity index is 0.000000300. The van der Waals surface area contributed by atoms with Crippen molar-refractivity contribution in [3.63, 3.8) is 0 Å². The molecule has 0 amide bonds. The maximum Gasteiger partial charge on any atom is 0.190 e. The van der Waals surface area contributed by atoms with Gasteiger partial charge in [0.05, 0.1) is 33.0 Å². The highest BCUT2D eigenvalue weighted by Crippen LogP contribution is 2.12. The van der Waals surface area contributed by atoms with Crippen LogP contribution in [0.15, 0.2) is 0 Å². The van der Waals surface area contributed by atoms with Crippen molar-refractivity contribution in [2.75, 3.05) is 33.0 Å². The number of aliphatic hydroxyl groups is 4. The zero-order valence-electron chi connectivity index (χ0n) is 12.4. The molecule has 8 N–H and O–H groups in total. The van der Waals surface area contributed by atoms with E-state index < -0.39 is 18.7 Å². The summed E-state index contributed by atoms with van der Waals surface area (Å²) in [5.41, 5.74) is 9.24. The standard InChI is InChI=1S/C6H10O3.C4H10O2.C2H8N2O2/c1(5-3-8-5)7-2-6-4-9-6;1-2-3-4(5)6;3-2(4,6)1-5/h5-6H,1-4H2;4-6H,2-3H2,1H3;5-6H,1,3-4H2. The first-order chi connectivity index (χ1) is 9.78. The summed E-state index contributed by atoms with van der Waals surface area (Å²) in [6, 6.07) is 0. The molecule has 2 saturated heterocycles. The number of rotatable bonds is 7. The van der Waals surface area contributed by atoms with Crippen LogP contribution in [0.5, 0.6) is 0 Å². The summed E-state index contributed by atoms with van der Waals surface area (Å²) >= 11 is 0. The Kier molecular flexibility index (Phi) is 11.0. The van der Waals surface area contributed by atoms with Gasteiger partial charge in [-0.15, -0.1) is 0 Å². The zero-order valence-corrected chi connectivity index (χ0v) is 12.4. The van der Waals surface area contributed by atoms with Gasteiger partial charge in [0.1, 0.15) is 12.2 Å². The van der Waals surface area contributed by atoms with Crippen molar-refractivity contribution >= 4 is 0 Å². The Bertz CT molecular complexity index is 228. The van der Waals surface area contributed by atoms with Crippen LogP contribution in [-0.2, 0) is 14.2 Å². The van der Waals surface area contributed by atoms with Crippen LogP contribution in [0.25, 0.3) is 0 Å². The van der Waals surface area contributed by atoms with Crippen molar-refractivity contribution in [3.05, 3.63) is 0 Å². The van der Waals surface area contributed by atoms with Crippen LogP contribution >= 0.6 is 0 Å². The van der Waals surface area contributed by atoms with Gasteiger partial charge >= 0.3 is 0 Å². The van der Waals surface area contributed by atoms with Crippen LogP contribution in [0.1, 0.15) is 19.8 Å². The van der Waals surface area contributed by atoms with Crippen LogP contribution in [0.2, 0.25) is 0 Å². The molecule has 0 aromatic rings. The number of aliphatic hydroxyl groups excluding tert-OH is 2. The summed E-state index contributed by atoms with van der Waals surface area (Å²) in [7, 11) is 0. The molecule has 21 heavy (non-hydrogen) atoms. The highest BCUT2D eigenvalue weighted by molar-refractivity contribution is 4.71. The molecule has 0 aromatic carbocycles. The zero-order chi connectivity index (χ0) is 16.3. The molecule has 0 bridgehead atoms. The molecule has 2 atom stereocenters. The molecule has 128 valence electrons. The topological polar surface area (TPSA) is 167 Å². The van der Waals surface area contributed by atoms with Gasteiger partial charge < -0.3 is 34.6 Å². The van der Waals surface area contributed by atoms with E-state index >= 15 is 0 Å². The Labute approximate surface area is 124 Å². The maximum absolute atomic E-state index is 8.13. The number of hydrogen-bond acceptors (Lipinski definition) is 9. The molecule has 2 aliphatic rings. The van der Waals surface area contributed by atoms with Gasteiger partial charge in [-0.2, -0.15) is 0 Å². The van der Waals surface area contributed by atoms with Gasteiger partial charge in [-0.05, 0) is 6.42 Å². The average molecular weight is 312 g/mol. The lowest BCUT2D eigenvalue weighted by atomic mass is 10.3. The van der Waals surface area contributed by atoms with Gasteiger partial charge in [0.2, 0.25) is 0 Å². The minimum atomic E-state index is -1.90. The van der Waals surface area contributed by atoms with Gasteiger partial charge in [0, 0.05) is 0 Å². The summed E-state index contributed by atoms with van der Waals surface area (Å²) in [5, 5.41) is 32.3. The Morgan fingerprint density at radius 3 is 1.71 bits per heavy atom. The molecule has 0 spiro atoms. The van der Waals surface area contributed by atoms with Crippen molar-refractivity contribution in [2.24, 2.45) is 11.5 Å². The fraction of sp³-hybridized carbons (Fsp3) is 1.00. The predicted octanol–water partition coefficient (Wildman–Crippen LogP) is -2.56. The van der Waals surface area contributed by atoms with Crippen molar-refractivity contribution in [2.45, 2.75) is 44.1 Å². The normalized spacial score (nSPS) is 22.9. The van der Waals surface area contributed by atoms with E-state index in [0.717, 1.165) is 32.8 Å². The van der Waals surface area contributed by atoms with Crippen LogP contribution in [0, 0.1) is 0 Å². The fourth-order valence-electron chi connectivity index (χ4n) is 0.918. The third-order valence-electron chi connectivity index (χ3n) is 2.21. The Hall–Kier alpha value is -0.360. The minimum Gasteiger partial charge on any atom is -0.390 e. The van der Waals surface area contributed by atoms with E-state index in [0.29, 0.717) is 18.6 Å². The third-order valence-corrected chi connectivity index (χ3v) is 2.21. The second kappa shape index (κ2) is 11.2. The molecule has 9 heteroatoms. The lowest BCUT2D eigenvalue weighted by Gasteiger charge is -2.10. The second-order valence-electron chi connectivity index (χ2n) is 4.87. The first-order valence-corrected chi connectivity index (χ1v) is 6.86. The largest absolute Gasteiger partial charge is 0.390 e. The molecule has 9 nitrogen and oxygen atoms in total. The van der Waals surface area contributed by atoms with Gasteiger partial charge in [-0.3, -0.25) is 11.5 Å². The highest BCUT2D eigenvalue weighted by Gasteiger charge is 2.26. The number of nitrogens with two attached hydrogens (primary N) is 2. The number of ether oxygens (including phenoxy) is 3. The first kappa shape index (κ1) is 20.6. The van der Waals surface area contributed by atoms with E-state index in [-0.39, 0.29) is 0 Å². The van der Waals surface area contributed by atoms with E-state index in [1.54, 1.807) is 0 Å². The first-order valence-electron chi connectivity index (χ1n) is 6.86. The molecule has 2 heterocycles. The van der Waals surface area contributed by atoms with Crippen molar-refractivity contribution in [1.82, 2.24) is 0 Å². The molecule has 2 rings (SSSR count). The SMILES string of the molecule is C(OCC1CO1)C1CO1.CCCC(O)O.NC(N)(O)CO. The van der Waals surface area contributed by atoms with Crippen molar-refractivity contribution < 1.29 is 34.6 Å². The van der Waals surface area contributed by atoms with Crippen molar-refractivity contribution in [3.8, 4) is 0 Å². The van der Waals surface area contributed by atoms with Crippen LogP contribution in [0.4, 0.5) is 0 Å².